The number of amides is 1. The van der Waals surface area contributed by atoms with E-state index in [9.17, 15) is 4.79 Å². The molecule has 1 unspecified atom stereocenters. The minimum absolute atomic E-state index is 0.147. The summed E-state index contributed by atoms with van der Waals surface area (Å²) in [7, 11) is 2.12. The van der Waals surface area contributed by atoms with Gasteiger partial charge in [-0.25, -0.2) is 0 Å². The number of hydrogen-bond donors (Lipinski definition) is 1. The van der Waals surface area contributed by atoms with E-state index in [4.69, 9.17) is 0 Å². The molecular weight excluding hydrogens is 262 g/mol. The number of aryl methyl sites for hydroxylation is 1. The van der Waals surface area contributed by atoms with E-state index in [2.05, 4.69) is 44.1 Å². The number of carbonyl (C=O) groups is 1. The van der Waals surface area contributed by atoms with E-state index in [1.165, 1.54) is 5.56 Å². The van der Waals surface area contributed by atoms with Crippen LogP contribution in [0.15, 0.2) is 18.2 Å². The van der Waals surface area contributed by atoms with Crippen LogP contribution in [0, 0.1) is 6.92 Å². The lowest BCUT2D eigenvalue weighted by Crippen LogP contribution is -2.52. The lowest BCUT2D eigenvalue weighted by molar-refractivity contribution is 0.0573. The zero-order valence-electron chi connectivity index (χ0n) is 13.6. The minimum Gasteiger partial charge on any atom is -0.384 e. The van der Waals surface area contributed by atoms with Gasteiger partial charge in [0, 0.05) is 37.9 Å². The van der Waals surface area contributed by atoms with Crippen LogP contribution in [0.4, 0.5) is 5.69 Å². The van der Waals surface area contributed by atoms with Crippen LogP contribution in [0.5, 0.6) is 0 Å². The SMILES string of the molecule is CCCNc1cc(C)ccc1C(=O)N1CCN(C)C(C)C1. The number of anilines is 1. The van der Waals surface area contributed by atoms with Crippen molar-refractivity contribution in [2.75, 3.05) is 38.5 Å². The number of benzene rings is 1. The molecular formula is C17H27N3O. The fourth-order valence-electron chi connectivity index (χ4n) is 2.65. The molecule has 0 saturated carbocycles. The fourth-order valence-corrected chi connectivity index (χ4v) is 2.65. The topological polar surface area (TPSA) is 35.6 Å². The van der Waals surface area contributed by atoms with Crippen molar-refractivity contribution in [1.29, 1.82) is 0 Å². The van der Waals surface area contributed by atoms with Gasteiger partial charge in [-0.3, -0.25) is 4.79 Å². The monoisotopic (exact) mass is 289 g/mol. The third-order valence-electron chi connectivity index (χ3n) is 4.22. The number of rotatable bonds is 4. The normalized spacial score (nSPS) is 19.6. The highest BCUT2D eigenvalue weighted by atomic mass is 16.2. The Labute approximate surface area is 128 Å². The van der Waals surface area contributed by atoms with E-state index in [0.717, 1.165) is 43.9 Å². The molecule has 4 nitrogen and oxygen atoms in total. The van der Waals surface area contributed by atoms with E-state index in [-0.39, 0.29) is 5.91 Å². The van der Waals surface area contributed by atoms with Crippen molar-refractivity contribution in [3.05, 3.63) is 29.3 Å². The number of nitrogens with zero attached hydrogens (tertiary/aromatic N) is 2. The molecule has 1 heterocycles. The van der Waals surface area contributed by atoms with Crippen LogP contribution in [-0.2, 0) is 0 Å². The quantitative estimate of drug-likeness (QED) is 0.925. The third kappa shape index (κ3) is 3.76. The van der Waals surface area contributed by atoms with Crippen molar-refractivity contribution in [2.24, 2.45) is 0 Å². The van der Waals surface area contributed by atoms with E-state index < -0.39 is 0 Å². The summed E-state index contributed by atoms with van der Waals surface area (Å²) < 4.78 is 0. The Kier molecular flexibility index (Phi) is 5.23. The summed E-state index contributed by atoms with van der Waals surface area (Å²) in [6.45, 7) is 9.80. The molecule has 0 spiro atoms. The van der Waals surface area contributed by atoms with Crippen LogP contribution in [0.2, 0.25) is 0 Å². The zero-order valence-corrected chi connectivity index (χ0v) is 13.6. The minimum atomic E-state index is 0.147. The first-order valence-electron chi connectivity index (χ1n) is 7.87. The molecule has 0 aliphatic carbocycles. The summed E-state index contributed by atoms with van der Waals surface area (Å²) in [5.74, 6) is 0.147. The Morgan fingerprint density at radius 2 is 2.14 bits per heavy atom. The average molecular weight is 289 g/mol. The molecule has 0 bridgehead atoms. The molecule has 1 aromatic carbocycles. The van der Waals surface area contributed by atoms with Crippen LogP contribution in [-0.4, -0.2) is 55.0 Å². The summed E-state index contributed by atoms with van der Waals surface area (Å²) in [5, 5.41) is 3.39. The molecule has 1 fully saturated rings. The standard InChI is InChI=1S/C17H27N3O/c1-5-8-18-16-11-13(2)6-7-15(16)17(21)20-10-9-19(4)14(3)12-20/h6-7,11,14,18H,5,8-10,12H2,1-4H3. The maximum atomic E-state index is 12.8. The molecule has 1 atom stereocenters. The smallest absolute Gasteiger partial charge is 0.256 e. The molecule has 1 aromatic rings. The van der Waals surface area contributed by atoms with E-state index in [1.807, 2.05) is 17.0 Å². The van der Waals surface area contributed by atoms with Gasteiger partial charge in [0.15, 0.2) is 0 Å². The fraction of sp³-hybridized carbons (Fsp3) is 0.588. The number of carbonyl (C=O) groups excluding carboxylic acids is 1. The summed E-state index contributed by atoms with van der Waals surface area (Å²) >= 11 is 0. The number of hydrogen-bond acceptors (Lipinski definition) is 3. The average Bonchev–Trinajstić information content (AvgIpc) is 2.47. The van der Waals surface area contributed by atoms with Crippen molar-refractivity contribution in [3.63, 3.8) is 0 Å². The summed E-state index contributed by atoms with van der Waals surface area (Å²) in [6, 6.07) is 6.46. The van der Waals surface area contributed by atoms with Crippen molar-refractivity contribution in [1.82, 2.24) is 9.80 Å². The van der Waals surface area contributed by atoms with Gasteiger partial charge in [0.25, 0.3) is 5.91 Å². The lowest BCUT2D eigenvalue weighted by Gasteiger charge is -2.38. The van der Waals surface area contributed by atoms with Crippen LogP contribution in [0.25, 0.3) is 0 Å². The molecule has 1 aliphatic rings. The molecule has 21 heavy (non-hydrogen) atoms. The van der Waals surface area contributed by atoms with Gasteiger partial charge in [-0.15, -0.1) is 0 Å². The number of nitrogens with one attached hydrogen (secondary N) is 1. The van der Waals surface area contributed by atoms with Gasteiger partial charge in [-0.05, 0) is 45.0 Å². The second-order valence-corrected chi connectivity index (χ2v) is 6.06. The maximum absolute atomic E-state index is 12.8. The highest BCUT2D eigenvalue weighted by Crippen LogP contribution is 2.21. The Morgan fingerprint density at radius 1 is 1.38 bits per heavy atom. The van der Waals surface area contributed by atoms with Crippen LogP contribution in [0.3, 0.4) is 0 Å². The molecule has 1 aliphatic heterocycles. The second-order valence-electron chi connectivity index (χ2n) is 6.06. The first-order chi connectivity index (χ1) is 10.0. The van der Waals surface area contributed by atoms with Crippen LogP contribution < -0.4 is 5.32 Å². The first-order valence-corrected chi connectivity index (χ1v) is 7.87. The molecule has 0 aromatic heterocycles. The van der Waals surface area contributed by atoms with Gasteiger partial charge in [0.05, 0.1) is 5.56 Å². The van der Waals surface area contributed by atoms with Gasteiger partial charge in [-0.1, -0.05) is 13.0 Å². The predicted octanol–water partition coefficient (Wildman–Crippen LogP) is 2.59. The Morgan fingerprint density at radius 3 is 2.81 bits per heavy atom. The van der Waals surface area contributed by atoms with Crippen molar-refractivity contribution in [2.45, 2.75) is 33.2 Å². The highest BCUT2D eigenvalue weighted by molar-refractivity contribution is 5.99. The van der Waals surface area contributed by atoms with Crippen molar-refractivity contribution in [3.8, 4) is 0 Å². The summed E-state index contributed by atoms with van der Waals surface area (Å²) in [5.41, 5.74) is 2.94. The Hall–Kier alpha value is -1.55. The molecule has 1 amide bonds. The van der Waals surface area contributed by atoms with E-state index in [1.54, 1.807) is 0 Å². The third-order valence-corrected chi connectivity index (χ3v) is 4.22. The van der Waals surface area contributed by atoms with E-state index in [0.29, 0.717) is 6.04 Å². The molecule has 0 radical (unpaired) electrons. The van der Waals surface area contributed by atoms with Gasteiger partial charge < -0.3 is 15.1 Å². The molecule has 1 N–H and O–H groups in total. The predicted molar refractivity (Wildman–Crippen MR) is 88.0 cm³/mol. The van der Waals surface area contributed by atoms with Crippen LogP contribution >= 0.6 is 0 Å². The summed E-state index contributed by atoms with van der Waals surface area (Å²) in [6.07, 6.45) is 1.05. The van der Waals surface area contributed by atoms with Gasteiger partial charge >= 0.3 is 0 Å². The molecule has 116 valence electrons. The number of piperazine rings is 1. The van der Waals surface area contributed by atoms with Crippen molar-refractivity contribution < 1.29 is 4.79 Å². The molecule has 2 rings (SSSR count). The Balaban J connectivity index is 2.18. The zero-order chi connectivity index (χ0) is 15.4. The first kappa shape index (κ1) is 15.8. The Bertz CT molecular complexity index is 501. The summed E-state index contributed by atoms with van der Waals surface area (Å²) in [4.78, 5) is 17.1. The van der Waals surface area contributed by atoms with E-state index >= 15 is 0 Å². The van der Waals surface area contributed by atoms with Crippen molar-refractivity contribution >= 4 is 11.6 Å². The van der Waals surface area contributed by atoms with Gasteiger partial charge in [-0.2, -0.15) is 0 Å². The maximum Gasteiger partial charge on any atom is 0.256 e. The van der Waals surface area contributed by atoms with Gasteiger partial charge in [0.2, 0.25) is 0 Å². The largest absolute Gasteiger partial charge is 0.384 e. The van der Waals surface area contributed by atoms with Crippen LogP contribution in [0.1, 0.15) is 36.2 Å². The molecule has 1 saturated heterocycles. The lowest BCUT2D eigenvalue weighted by atomic mass is 10.1. The second kappa shape index (κ2) is 6.94. The van der Waals surface area contributed by atoms with Gasteiger partial charge in [0.1, 0.15) is 0 Å². The number of likely N-dealkylation sites (N-methyl/N-ethyl adjacent to an activating group) is 1. The molecule has 4 heteroatoms. The highest BCUT2D eigenvalue weighted by Gasteiger charge is 2.26.